The normalized spacial score (nSPS) is 11.7. The Bertz CT molecular complexity index is 4290. The van der Waals surface area contributed by atoms with Crippen molar-refractivity contribution < 1.29 is 19.3 Å². The first kappa shape index (κ1) is 71.1. The van der Waals surface area contributed by atoms with Gasteiger partial charge in [-0.3, -0.25) is 9.59 Å². The summed E-state index contributed by atoms with van der Waals surface area (Å²) in [6.45, 7) is 2.98. The average molecular weight is 1590 g/mol. The molecule has 0 atom stereocenters. The molecule has 2 heterocycles. The highest BCUT2D eigenvalue weighted by Gasteiger charge is 2.43. The molecule has 0 unspecified atom stereocenters. The topological polar surface area (TPSA) is 127 Å². The lowest BCUT2D eigenvalue weighted by Crippen LogP contribution is -2.38. The average Bonchev–Trinajstić information content (AvgIpc) is 1.32. The van der Waals surface area contributed by atoms with Gasteiger partial charge < -0.3 is 20.3 Å². The first-order valence-corrected chi connectivity index (χ1v) is 41.1. The van der Waals surface area contributed by atoms with Crippen LogP contribution in [0.15, 0.2) is 385 Å². The molecular weight excluding hydrogens is 1520 g/mol. The molecule has 0 aliphatic rings. The zero-order valence-electron chi connectivity index (χ0n) is 55.8. The lowest BCUT2D eigenvalue weighted by molar-refractivity contribution is -0.112. The van der Waals surface area contributed by atoms with Crippen molar-refractivity contribution in [2.45, 2.75) is 36.1 Å². The molecule has 0 bridgehead atoms. The Hall–Kier alpha value is -10.8. The number of halogens is 2. The summed E-state index contributed by atoms with van der Waals surface area (Å²) in [7, 11) is 0. The number of rotatable bonds is 24. The Kier molecular flexibility index (Phi) is 23.7. The lowest BCUT2D eigenvalue weighted by Gasteiger charge is -2.36. The number of hydrogen-bond acceptors (Lipinski definition) is 12. The van der Waals surface area contributed by atoms with E-state index in [1.807, 2.05) is 302 Å². The van der Waals surface area contributed by atoms with Crippen LogP contribution in [0.1, 0.15) is 92.0 Å². The molecule has 0 aliphatic heterocycles. The third-order valence-electron chi connectivity index (χ3n) is 17.6. The van der Waals surface area contributed by atoms with Gasteiger partial charge in [-0.1, -0.05) is 374 Å². The first-order valence-electron chi connectivity index (χ1n) is 33.1. The van der Waals surface area contributed by atoms with Crippen LogP contribution in [0.3, 0.4) is 0 Å². The van der Waals surface area contributed by atoms with Crippen molar-refractivity contribution in [3.8, 4) is 0 Å². The molecule has 0 amide bonds. The number of oxime groups is 2. The van der Waals surface area contributed by atoms with Crippen LogP contribution in [-0.2, 0) is 41.5 Å². The maximum atomic E-state index is 13.4. The predicted molar refractivity (Wildman–Crippen MR) is 433 cm³/mol. The Morgan fingerprint density at radius 2 is 0.461 bits per heavy atom. The summed E-state index contributed by atoms with van der Waals surface area (Å²) >= 11 is 7.08. The van der Waals surface area contributed by atoms with Gasteiger partial charge in [-0.05, 0) is 33.4 Å². The largest absolute Gasteiger partial charge is 0.374 e. The number of hydrogen-bond donors (Lipinski definition) is 2. The number of aromatic nitrogens is 2. The van der Waals surface area contributed by atoms with E-state index >= 15 is 0 Å². The number of thiazole rings is 2. The highest BCUT2D eigenvalue weighted by Crippen LogP contribution is 2.46. The highest BCUT2D eigenvalue weighted by atomic mass is 128. The minimum Gasteiger partial charge on any atom is -0.374 e. The monoisotopic (exact) mass is 1590 g/mol. The van der Waals surface area contributed by atoms with Gasteiger partial charge in [0.2, 0.25) is 11.2 Å². The van der Waals surface area contributed by atoms with E-state index in [9.17, 15) is 9.59 Å². The number of nitrogens with zero attached hydrogens (tertiary/aromatic N) is 4. The van der Waals surface area contributed by atoms with Crippen molar-refractivity contribution >= 4 is 93.2 Å². The molecule has 12 aromatic carbocycles. The molecule has 0 spiro atoms. The SMILES string of the molecule is CC(=O)/C(=N/OC(c1ccccc1)(c1ccccc1)c1ccccc1)c1csc(NC(c2ccccc2)(c2ccccc2)c2ccccc2)n1.CC(=O)/C(=N/OC(c1ccccc1)(c1ccccc1)c1ccccc1)c1csc(NC(c2ccccc2)(c2ccccc2)c2ccccc2)n1.II. The third kappa shape index (κ3) is 15.3. The van der Waals surface area contributed by atoms with Crippen molar-refractivity contribution in [1.29, 1.82) is 0 Å². The maximum absolute atomic E-state index is 13.4. The van der Waals surface area contributed by atoms with Crippen molar-refractivity contribution in [1.82, 2.24) is 9.97 Å². The molecule has 0 fully saturated rings. The molecule has 0 saturated carbocycles. The lowest BCUT2D eigenvalue weighted by atomic mass is 9.77. The summed E-state index contributed by atoms with van der Waals surface area (Å²) in [5.74, 6) is -0.518. The van der Waals surface area contributed by atoms with Crippen molar-refractivity contribution in [3.63, 3.8) is 0 Å². The van der Waals surface area contributed by atoms with Crippen LogP contribution in [0.4, 0.5) is 10.3 Å². The number of carbonyl (C=O) groups excluding carboxylic acids is 2. The molecular formula is C88H70I2N6O4S2. The van der Waals surface area contributed by atoms with Gasteiger partial charge in [0.1, 0.15) is 22.5 Å². The molecule has 14 rings (SSSR count). The standard InChI is InChI=1S/2C44H35N3O2S.I2/c2*1-33(48)41(47-49-44(37-26-14-5-15-27-37,38-28-16-6-17-29-38)39-30-18-7-19-31-39)40-32-50-42(45-40)46-43(34-20-8-2-9-21-34,35-22-10-3-11-23-35)36-24-12-4-13-25-36;1-2/h2*2-32H,1H3,(H,45,46);/b2*47-41-;. The summed E-state index contributed by atoms with van der Waals surface area (Å²) in [6, 6.07) is 122. The fourth-order valence-electron chi connectivity index (χ4n) is 12.9. The van der Waals surface area contributed by atoms with E-state index in [0.717, 1.165) is 66.8 Å². The van der Waals surface area contributed by atoms with Gasteiger partial charge in [-0.2, -0.15) is 0 Å². The smallest absolute Gasteiger partial charge is 0.212 e. The van der Waals surface area contributed by atoms with Crippen molar-refractivity contribution in [2.75, 3.05) is 10.6 Å². The fourth-order valence-corrected chi connectivity index (χ4v) is 14.4. The van der Waals surface area contributed by atoms with Gasteiger partial charge in [0.05, 0.1) is 0 Å². The minimum atomic E-state index is -1.13. The van der Waals surface area contributed by atoms with Crippen LogP contribution in [0.2, 0.25) is 0 Å². The quantitative estimate of drug-likeness (QED) is 0.0265. The Labute approximate surface area is 626 Å². The number of nitrogens with one attached hydrogen (secondary N) is 2. The van der Waals surface area contributed by atoms with Crippen LogP contribution in [0.25, 0.3) is 0 Å². The minimum absolute atomic E-state index is 0.131. The number of carbonyl (C=O) groups is 2. The zero-order valence-corrected chi connectivity index (χ0v) is 61.7. The van der Waals surface area contributed by atoms with Gasteiger partial charge in [-0.25, -0.2) is 9.97 Å². The summed E-state index contributed by atoms with van der Waals surface area (Å²) < 4.78 is 0. The molecule has 0 radical (unpaired) electrons. The van der Waals surface area contributed by atoms with E-state index in [1.165, 1.54) is 36.5 Å². The summed E-state index contributed by atoms with van der Waals surface area (Å²) in [4.78, 5) is 50.1. The molecule has 2 N–H and O–H groups in total. The van der Waals surface area contributed by atoms with Crippen LogP contribution in [0.5, 0.6) is 0 Å². The van der Waals surface area contributed by atoms with E-state index in [1.54, 1.807) is 0 Å². The fraction of sp³-hybridized carbons (Fsp3) is 0.0682. The van der Waals surface area contributed by atoms with Crippen LogP contribution in [0, 0.1) is 0 Å². The second-order valence-corrected chi connectivity index (χ2v) is 25.5. The predicted octanol–water partition coefficient (Wildman–Crippen LogP) is 21.5. The molecule has 502 valence electrons. The Balaban J connectivity index is 0.000000188. The third-order valence-corrected chi connectivity index (χ3v) is 19.1. The highest BCUT2D eigenvalue weighted by molar-refractivity contribution is 15.0. The molecule has 0 saturated heterocycles. The number of benzene rings is 12. The van der Waals surface area contributed by atoms with Crippen LogP contribution >= 0.6 is 59.9 Å². The molecule has 0 aliphatic carbocycles. The number of ketones is 2. The number of Topliss-reactive ketones (excluding diaryl/α,β-unsaturated/α-hetero) is 2. The van der Waals surface area contributed by atoms with Gasteiger partial charge in [-0.15, -0.1) is 22.7 Å². The molecule has 2 aromatic heterocycles. The van der Waals surface area contributed by atoms with E-state index in [-0.39, 0.29) is 23.0 Å². The molecule has 14 aromatic rings. The second-order valence-electron chi connectivity index (χ2n) is 23.8. The van der Waals surface area contributed by atoms with Crippen molar-refractivity contribution in [2.24, 2.45) is 10.3 Å². The van der Waals surface area contributed by atoms with Crippen LogP contribution in [-0.4, -0.2) is 33.0 Å². The summed E-state index contributed by atoms with van der Waals surface area (Å²) in [5.41, 5.74) is 8.88. The van der Waals surface area contributed by atoms with Gasteiger partial charge >= 0.3 is 0 Å². The zero-order chi connectivity index (χ0) is 70.5. The van der Waals surface area contributed by atoms with Crippen molar-refractivity contribution in [3.05, 3.63) is 453 Å². The molecule has 102 heavy (non-hydrogen) atoms. The van der Waals surface area contributed by atoms with E-state index < -0.39 is 22.3 Å². The summed E-state index contributed by atoms with van der Waals surface area (Å²) in [6.07, 6.45) is 0. The van der Waals surface area contributed by atoms with Gasteiger partial charge in [0.15, 0.2) is 33.3 Å². The van der Waals surface area contributed by atoms with Gasteiger partial charge in [0, 0.05) is 95.2 Å². The Morgan fingerprint density at radius 3 is 0.627 bits per heavy atom. The summed E-state index contributed by atoms with van der Waals surface area (Å²) in [5, 5.41) is 21.9. The maximum Gasteiger partial charge on any atom is 0.212 e. The van der Waals surface area contributed by atoms with Gasteiger partial charge in [0.25, 0.3) is 0 Å². The molecule has 10 nitrogen and oxygen atoms in total. The first-order chi connectivity index (χ1) is 50.2. The van der Waals surface area contributed by atoms with E-state index in [2.05, 4.69) is 131 Å². The van der Waals surface area contributed by atoms with E-state index in [0.29, 0.717) is 21.7 Å². The van der Waals surface area contributed by atoms with Crippen LogP contribution < -0.4 is 10.6 Å². The molecule has 14 heteroatoms. The van der Waals surface area contributed by atoms with E-state index in [4.69, 9.17) is 19.6 Å². The second kappa shape index (κ2) is 34.1. The Morgan fingerprint density at radius 1 is 0.294 bits per heavy atom. The number of anilines is 2.